The van der Waals surface area contributed by atoms with Crippen molar-refractivity contribution in [3.05, 3.63) is 40.8 Å². The van der Waals surface area contributed by atoms with Crippen LogP contribution in [0.2, 0.25) is 5.02 Å². The van der Waals surface area contributed by atoms with Gasteiger partial charge in [-0.15, -0.1) is 0 Å². The van der Waals surface area contributed by atoms with Gasteiger partial charge >= 0.3 is 0 Å². The van der Waals surface area contributed by atoms with Crippen LogP contribution in [0.3, 0.4) is 0 Å². The third-order valence-corrected chi connectivity index (χ3v) is 6.97. The van der Waals surface area contributed by atoms with Crippen LogP contribution >= 0.6 is 23.4 Å². The molecule has 1 fully saturated rings. The largest absolute Gasteiger partial charge is 0.392 e. The maximum atomic E-state index is 12.2. The van der Waals surface area contributed by atoms with E-state index in [-0.39, 0.29) is 24.2 Å². The highest BCUT2D eigenvalue weighted by Gasteiger charge is 2.29. The Bertz CT molecular complexity index is 1420. The molecule has 3 aromatic heterocycles. The average Bonchev–Trinajstić information content (AvgIpc) is 3.15. The van der Waals surface area contributed by atoms with Gasteiger partial charge in [-0.25, -0.2) is 15.0 Å². The Balaban J connectivity index is 1.44. The number of carbonyl (C=O) groups excluding carboxylic acids is 1. The molecule has 1 saturated heterocycles. The van der Waals surface area contributed by atoms with Crippen LogP contribution in [-0.4, -0.2) is 67.7 Å². The molecule has 0 unspecified atom stereocenters. The average molecular weight is 513 g/mol. The fourth-order valence-electron chi connectivity index (χ4n) is 3.87. The zero-order valence-electron chi connectivity index (χ0n) is 19.2. The highest BCUT2D eigenvalue weighted by atomic mass is 35.5. The zero-order valence-corrected chi connectivity index (χ0v) is 20.8. The second-order valence-corrected chi connectivity index (χ2v) is 9.98. The van der Waals surface area contributed by atoms with Crippen molar-refractivity contribution in [2.24, 2.45) is 5.73 Å². The molecule has 1 aliphatic rings. The van der Waals surface area contributed by atoms with Crippen LogP contribution in [0.4, 0.5) is 5.82 Å². The quantitative estimate of drug-likeness (QED) is 0.274. The second-order valence-electron chi connectivity index (χ2n) is 8.56. The molecule has 12 heteroatoms. The number of hydrogen-bond acceptors (Lipinski definition) is 9. The van der Waals surface area contributed by atoms with Crippen molar-refractivity contribution >= 4 is 57.2 Å². The van der Waals surface area contributed by atoms with Gasteiger partial charge in [-0.05, 0) is 43.3 Å². The fraction of sp³-hybridized carbons (Fsp3) is 0.348. The summed E-state index contributed by atoms with van der Waals surface area (Å²) in [6, 6.07) is 5.71. The maximum absolute atomic E-state index is 12.2. The number of aliphatic hydroxyl groups is 1. The standard InChI is InChI=1S/C23H25ClN8O2S/c1-3-14-19(24)18-20(29-14)30-23(31-21(18)32-9-12(25)10-32)35-13-4-5-15-16(6-13)26-8-17(28-15)22(34)27-7-11(2)33/h4-6,8,11-12,33H,3,7,9-10,25H2,1-2H3,(H,27,34)(H,29,30,31)/t11-/m0/s1. The Morgan fingerprint density at radius 3 is 2.86 bits per heavy atom. The van der Waals surface area contributed by atoms with E-state index in [9.17, 15) is 9.90 Å². The fourth-order valence-corrected chi connectivity index (χ4v) is 5.02. The molecule has 4 heterocycles. The van der Waals surface area contributed by atoms with Crippen LogP contribution < -0.4 is 16.0 Å². The summed E-state index contributed by atoms with van der Waals surface area (Å²) in [5.74, 6) is 0.406. The van der Waals surface area contributed by atoms with Crippen LogP contribution in [0.25, 0.3) is 22.1 Å². The van der Waals surface area contributed by atoms with Crippen LogP contribution in [0.15, 0.2) is 34.4 Å². The predicted molar refractivity (Wildman–Crippen MR) is 136 cm³/mol. The number of aromatic amines is 1. The van der Waals surface area contributed by atoms with Gasteiger partial charge in [0.15, 0.2) is 5.16 Å². The van der Waals surface area contributed by atoms with Crippen LogP contribution in [0.1, 0.15) is 30.0 Å². The van der Waals surface area contributed by atoms with Gasteiger partial charge < -0.3 is 26.0 Å². The summed E-state index contributed by atoms with van der Waals surface area (Å²) in [6.07, 6.45) is 1.55. The number of aryl methyl sites for hydroxylation is 1. The minimum absolute atomic E-state index is 0.123. The Morgan fingerprint density at radius 1 is 1.34 bits per heavy atom. The van der Waals surface area contributed by atoms with Crippen molar-refractivity contribution < 1.29 is 9.90 Å². The summed E-state index contributed by atoms with van der Waals surface area (Å²) in [5.41, 5.74) is 9.08. The number of benzene rings is 1. The Kier molecular flexibility index (Phi) is 6.49. The number of nitrogens with two attached hydrogens (primary N) is 1. The number of carbonyl (C=O) groups is 1. The SMILES string of the molecule is CCc1[nH]c2nc(Sc3ccc4nc(C(=O)NC[C@H](C)O)cnc4c3)nc(N3CC(N)C3)c2c1Cl. The Hall–Kier alpha value is -2.99. The van der Waals surface area contributed by atoms with E-state index in [2.05, 4.69) is 25.2 Å². The molecular weight excluding hydrogens is 488 g/mol. The lowest BCUT2D eigenvalue weighted by Crippen LogP contribution is -2.56. The number of halogens is 1. The molecule has 5 N–H and O–H groups in total. The highest BCUT2D eigenvalue weighted by Crippen LogP contribution is 2.38. The minimum Gasteiger partial charge on any atom is -0.392 e. The van der Waals surface area contributed by atoms with E-state index >= 15 is 0 Å². The van der Waals surface area contributed by atoms with Crippen molar-refractivity contribution in [2.45, 2.75) is 42.5 Å². The molecule has 0 bridgehead atoms. The number of nitrogens with zero attached hydrogens (tertiary/aromatic N) is 5. The molecule has 1 aromatic carbocycles. The van der Waals surface area contributed by atoms with Gasteiger partial charge in [-0.2, -0.15) is 0 Å². The molecule has 1 atom stereocenters. The number of amides is 1. The first-order valence-electron chi connectivity index (χ1n) is 11.3. The lowest BCUT2D eigenvalue weighted by Gasteiger charge is -2.38. The molecule has 182 valence electrons. The first-order valence-corrected chi connectivity index (χ1v) is 12.5. The van der Waals surface area contributed by atoms with Gasteiger partial charge in [-0.1, -0.05) is 18.5 Å². The van der Waals surface area contributed by atoms with Gasteiger partial charge in [0.1, 0.15) is 17.2 Å². The van der Waals surface area contributed by atoms with Gasteiger partial charge in [0.25, 0.3) is 5.91 Å². The first-order chi connectivity index (χ1) is 16.8. The lowest BCUT2D eigenvalue weighted by atomic mass is 10.1. The van der Waals surface area contributed by atoms with E-state index in [0.29, 0.717) is 26.9 Å². The summed E-state index contributed by atoms with van der Waals surface area (Å²) in [4.78, 5) is 36.9. The molecule has 0 aliphatic carbocycles. The van der Waals surface area contributed by atoms with Gasteiger partial charge in [0.05, 0.1) is 33.7 Å². The summed E-state index contributed by atoms with van der Waals surface area (Å²) in [5, 5.41) is 14.0. The molecule has 0 spiro atoms. The van der Waals surface area contributed by atoms with E-state index in [1.54, 1.807) is 6.92 Å². The van der Waals surface area contributed by atoms with Gasteiger partial charge in [0, 0.05) is 36.3 Å². The lowest BCUT2D eigenvalue weighted by molar-refractivity contribution is 0.0919. The van der Waals surface area contributed by atoms with Crippen LogP contribution in [-0.2, 0) is 6.42 Å². The van der Waals surface area contributed by atoms with Crippen molar-refractivity contribution in [3.8, 4) is 0 Å². The van der Waals surface area contributed by atoms with Crippen LogP contribution in [0, 0.1) is 0 Å². The van der Waals surface area contributed by atoms with Crippen molar-refractivity contribution in [3.63, 3.8) is 0 Å². The van der Waals surface area contributed by atoms with Crippen molar-refractivity contribution in [1.82, 2.24) is 30.2 Å². The number of H-pyrrole nitrogens is 1. The molecule has 10 nitrogen and oxygen atoms in total. The molecule has 0 radical (unpaired) electrons. The molecule has 35 heavy (non-hydrogen) atoms. The number of fused-ring (bicyclic) bond motifs is 2. The Morgan fingerprint density at radius 2 is 2.14 bits per heavy atom. The van der Waals surface area contributed by atoms with E-state index < -0.39 is 6.10 Å². The van der Waals surface area contributed by atoms with E-state index in [1.807, 2.05) is 25.1 Å². The topological polar surface area (TPSA) is 146 Å². The normalized spacial score (nSPS) is 14.9. The number of hydrogen-bond donors (Lipinski definition) is 4. The Labute approximate surface area is 210 Å². The predicted octanol–water partition coefficient (Wildman–Crippen LogP) is 2.53. The van der Waals surface area contributed by atoms with Gasteiger partial charge in [0.2, 0.25) is 0 Å². The first kappa shape index (κ1) is 23.7. The number of aromatic nitrogens is 5. The number of rotatable bonds is 7. The number of nitrogens with one attached hydrogen (secondary N) is 2. The molecule has 4 aromatic rings. The van der Waals surface area contributed by atoms with E-state index in [4.69, 9.17) is 27.3 Å². The maximum Gasteiger partial charge on any atom is 0.271 e. The van der Waals surface area contributed by atoms with E-state index in [1.165, 1.54) is 18.0 Å². The molecule has 1 amide bonds. The molecule has 1 aliphatic heterocycles. The zero-order chi connectivity index (χ0) is 24.7. The van der Waals surface area contributed by atoms with Gasteiger partial charge in [-0.3, -0.25) is 9.78 Å². The minimum atomic E-state index is -0.637. The second kappa shape index (κ2) is 9.57. The summed E-state index contributed by atoms with van der Waals surface area (Å²) in [6.45, 7) is 5.23. The molecular formula is C23H25ClN8O2S. The molecule has 5 rings (SSSR count). The smallest absolute Gasteiger partial charge is 0.271 e. The highest BCUT2D eigenvalue weighted by molar-refractivity contribution is 7.99. The monoisotopic (exact) mass is 512 g/mol. The van der Waals surface area contributed by atoms with E-state index in [0.717, 1.165) is 41.3 Å². The summed E-state index contributed by atoms with van der Waals surface area (Å²) in [7, 11) is 0. The summed E-state index contributed by atoms with van der Waals surface area (Å²) >= 11 is 8.05. The van der Waals surface area contributed by atoms with Crippen molar-refractivity contribution in [2.75, 3.05) is 24.5 Å². The third kappa shape index (κ3) is 4.76. The van der Waals surface area contributed by atoms with Crippen LogP contribution in [0.5, 0.6) is 0 Å². The van der Waals surface area contributed by atoms with Crippen molar-refractivity contribution in [1.29, 1.82) is 0 Å². The summed E-state index contributed by atoms with van der Waals surface area (Å²) < 4.78 is 0. The third-order valence-electron chi connectivity index (χ3n) is 5.70. The number of anilines is 1. The number of aliphatic hydroxyl groups excluding tert-OH is 1. The molecule has 0 saturated carbocycles.